The van der Waals surface area contributed by atoms with E-state index < -0.39 is 0 Å². The standard InChI is InChI=1S/C8H20N2/c1-4-8(2)7-10(3)6-5-9/h8H,4-7,9H2,1-3H3. The van der Waals surface area contributed by atoms with Crippen LogP contribution < -0.4 is 5.73 Å². The summed E-state index contributed by atoms with van der Waals surface area (Å²) in [6.07, 6.45) is 1.26. The van der Waals surface area contributed by atoms with Gasteiger partial charge in [-0.1, -0.05) is 20.3 Å². The average Bonchev–Trinajstić information content (AvgIpc) is 1.88. The van der Waals surface area contributed by atoms with Gasteiger partial charge in [0.15, 0.2) is 0 Å². The van der Waals surface area contributed by atoms with Crippen molar-refractivity contribution in [3.8, 4) is 0 Å². The van der Waals surface area contributed by atoms with Crippen molar-refractivity contribution in [2.45, 2.75) is 20.3 Å². The molecule has 1 atom stereocenters. The van der Waals surface area contributed by atoms with Gasteiger partial charge in [-0.2, -0.15) is 0 Å². The van der Waals surface area contributed by atoms with Crippen LogP contribution in [0.5, 0.6) is 0 Å². The average molecular weight is 144 g/mol. The molecular weight excluding hydrogens is 124 g/mol. The summed E-state index contributed by atoms with van der Waals surface area (Å²) in [7, 11) is 2.12. The number of rotatable bonds is 5. The lowest BCUT2D eigenvalue weighted by atomic mass is 10.1. The molecule has 0 bridgehead atoms. The maximum absolute atomic E-state index is 5.40. The number of hydrogen-bond donors (Lipinski definition) is 1. The van der Waals surface area contributed by atoms with Crippen molar-refractivity contribution >= 4 is 0 Å². The Hall–Kier alpha value is -0.0800. The molecule has 1 unspecified atom stereocenters. The third-order valence-electron chi connectivity index (χ3n) is 1.83. The normalized spacial score (nSPS) is 14.1. The van der Waals surface area contributed by atoms with E-state index in [1.54, 1.807) is 0 Å². The summed E-state index contributed by atoms with van der Waals surface area (Å²) in [6.45, 7) is 7.46. The van der Waals surface area contributed by atoms with Crippen molar-refractivity contribution in [3.63, 3.8) is 0 Å². The molecule has 0 fully saturated rings. The molecule has 0 saturated heterocycles. The zero-order valence-corrected chi connectivity index (χ0v) is 7.43. The van der Waals surface area contributed by atoms with Crippen molar-refractivity contribution in [2.24, 2.45) is 11.7 Å². The molecule has 0 radical (unpaired) electrons. The summed E-state index contributed by atoms with van der Waals surface area (Å²) in [4.78, 5) is 2.29. The summed E-state index contributed by atoms with van der Waals surface area (Å²) in [6, 6.07) is 0. The Morgan fingerprint density at radius 3 is 2.50 bits per heavy atom. The number of hydrogen-bond acceptors (Lipinski definition) is 2. The van der Waals surface area contributed by atoms with Crippen LogP contribution in [0.1, 0.15) is 20.3 Å². The van der Waals surface area contributed by atoms with Crippen molar-refractivity contribution < 1.29 is 0 Å². The molecule has 2 nitrogen and oxygen atoms in total. The zero-order valence-electron chi connectivity index (χ0n) is 7.43. The summed E-state index contributed by atoms with van der Waals surface area (Å²) >= 11 is 0. The van der Waals surface area contributed by atoms with Crippen LogP contribution in [-0.2, 0) is 0 Å². The first-order valence-electron chi connectivity index (χ1n) is 4.09. The summed E-state index contributed by atoms with van der Waals surface area (Å²) in [5.41, 5.74) is 5.40. The van der Waals surface area contributed by atoms with Gasteiger partial charge in [-0.15, -0.1) is 0 Å². The van der Waals surface area contributed by atoms with Crippen molar-refractivity contribution in [2.75, 3.05) is 26.7 Å². The van der Waals surface area contributed by atoms with Crippen LogP contribution in [0.25, 0.3) is 0 Å². The highest BCUT2D eigenvalue weighted by Crippen LogP contribution is 2.01. The molecular formula is C8H20N2. The Kier molecular flexibility index (Phi) is 5.64. The Morgan fingerprint density at radius 2 is 2.10 bits per heavy atom. The van der Waals surface area contributed by atoms with E-state index in [9.17, 15) is 0 Å². The molecule has 0 aromatic carbocycles. The van der Waals surface area contributed by atoms with Crippen LogP contribution >= 0.6 is 0 Å². The lowest BCUT2D eigenvalue weighted by Gasteiger charge is -2.18. The number of likely N-dealkylation sites (N-methyl/N-ethyl adjacent to an activating group) is 1. The fourth-order valence-corrected chi connectivity index (χ4v) is 0.973. The van der Waals surface area contributed by atoms with Crippen LogP contribution in [0.2, 0.25) is 0 Å². The third-order valence-corrected chi connectivity index (χ3v) is 1.83. The van der Waals surface area contributed by atoms with Gasteiger partial charge in [0.2, 0.25) is 0 Å². The van der Waals surface area contributed by atoms with E-state index in [-0.39, 0.29) is 0 Å². The van der Waals surface area contributed by atoms with Crippen LogP contribution in [-0.4, -0.2) is 31.6 Å². The Morgan fingerprint density at radius 1 is 1.50 bits per heavy atom. The molecule has 2 N–H and O–H groups in total. The van der Waals surface area contributed by atoms with Gasteiger partial charge in [0, 0.05) is 19.6 Å². The predicted molar refractivity (Wildman–Crippen MR) is 46.0 cm³/mol. The van der Waals surface area contributed by atoms with Crippen LogP contribution in [0, 0.1) is 5.92 Å². The van der Waals surface area contributed by atoms with E-state index in [1.165, 1.54) is 13.0 Å². The van der Waals surface area contributed by atoms with Gasteiger partial charge in [0.05, 0.1) is 0 Å². The maximum atomic E-state index is 5.40. The van der Waals surface area contributed by atoms with E-state index in [1.807, 2.05) is 0 Å². The van der Waals surface area contributed by atoms with Gasteiger partial charge in [-0.05, 0) is 13.0 Å². The highest BCUT2D eigenvalue weighted by molar-refractivity contribution is 4.56. The first-order chi connectivity index (χ1) is 4.70. The SMILES string of the molecule is CCC(C)CN(C)CCN. The van der Waals surface area contributed by atoms with Gasteiger partial charge >= 0.3 is 0 Å². The minimum atomic E-state index is 0.771. The molecule has 0 aromatic rings. The highest BCUT2D eigenvalue weighted by atomic mass is 15.1. The smallest absolute Gasteiger partial charge is 0.0102 e. The second-order valence-electron chi connectivity index (χ2n) is 3.06. The van der Waals surface area contributed by atoms with Crippen molar-refractivity contribution in [1.82, 2.24) is 4.90 Å². The summed E-state index contributed by atoms with van der Waals surface area (Å²) < 4.78 is 0. The van der Waals surface area contributed by atoms with E-state index in [4.69, 9.17) is 5.73 Å². The van der Waals surface area contributed by atoms with Gasteiger partial charge in [-0.3, -0.25) is 0 Å². The van der Waals surface area contributed by atoms with Crippen LogP contribution in [0.3, 0.4) is 0 Å². The molecule has 10 heavy (non-hydrogen) atoms. The molecule has 0 rings (SSSR count). The van der Waals surface area contributed by atoms with Crippen LogP contribution in [0.15, 0.2) is 0 Å². The molecule has 0 heterocycles. The maximum Gasteiger partial charge on any atom is 0.0102 e. The first kappa shape index (κ1) is 9.92. The van der Waals surface area contributed by atoms with Gasteiger partial charge in [-0.25, -0.2) is 0 Å². The zero-order chi connectivity index (χ0) is 7.98. The van der Waals surface area contributed by atoms with Gasteiger partial charge in [0.1, 0.15) is 0 Å². The van der Waals surface area contributed by atoms with Gasteiger partial charge in [0.25, 0.3) is 0 Å². The van der Waals surface area contributed by atoms with Crippen LogP contribution in [0.4, 0.5) is 0 Å². The largest absolute Gasteiger partial charge is 0.329 e. The summed E-state index contributed by atoms with van der Waals surface area (Å²) in [5.74, 6) is 0.802. The van der Waals surface area contributed by atoms with Gasteiger partial charge < -0.3 is 10.6 Å². The molecule has 0 spiro atoms. The second-order valence-corrected chi connectivity index (χ2v) is 3.06. The second kappa shape index (κ2) is 5.69. The Bertz CT molecular complexity index is 73.7. The van der Waals surface area contributed by atoms with E-state index in [0.29, 0.717) is 0 Å². The van der Waals surface area contributed by atoms with Crippen molar-refractivity contribution in [3.05, 3.63) is 0 Å². The molecule has 0 aliphatic heterocycles. The van der Waals surface area contributed by atoms with E-state index in [2.05, 4.69) is 25.8 Å². The third kappa shape index (κ3) is 4.77. The topological polar surface area (TPSA) is 29.3 Å². The number of nitrogens with two attached hydrogens (primary N) is 1. The quantitative estimate of drug-likeness (QED) is 0.622. The highest BCUT2D eigenvalue weighted by Gasteiger charge is 2.01. The summed E-state index contributed by atoms with van der Waals surface area (Å²) in [5, 5.41) is 0. The molecule has 0 aliphatic carbocycles. The number of nitrogens with zero attached hydrogens (tertiary/aromatic N) is 1. The minimum absolute atomic E-state index is 0.771. The molecule has 0 aliphatic rings. The predicted octanol–water partition coefficient (Wildman–Crippen LogP) is 0.923. The van der Waals surface area contributed by atoms with Crippen molar-refractivity contribution in [1.29, 1.82) is 0 Å². The van der Waals surface area contributed by atoms with E-state index >= 15 is 0 Å². The lowest BCUT2D eigenvalue weighted by molar-refractivity contribution is 0.289. The Labute approximate surface area is 64.4 Å². The minimum Gasteiger partial charge on any atom is -0.329 e. The Balaban J connectivity index is 3.27. The fraction of sp³-hybridized carbons (Fsp3) is 1.00. The lowest BCUT2D eigenvalue weighted by Crippen LogP contribution is -2.29. The molecule has 0 saturated carbocycles. The monoisotopic (exact) mass is 144 g/mol. The molecule has 2 heteroatoms. The molecule has 0 amide bonds. The molecule has 0 aromatic heterocycles. The van der Waals surface area contributed by atoms with E-state index in [0.717, 1.165) is 19.0 Å². The fourth-order valence-electron chi connectivity index (χ4n) is 0.973. The molecule has 62 valence electrons. The first-order valence-corrected chi connectivity index (χ1v) is 4.09.